The monoisotopic (exact) mass is 641 g/mol. The Morgan fingerprint density at radius 3 is 1.96 bits per heavy atom. The number of carbonyl (C=O) groups is 2. The van der Waals surface area contributed by atoms with Gasteiger partial charge in [0.25, 0.3) is 10.0 Å². The first-order chi connectivity index (χ1) is 22.1. The van der Waals surface area contributed by atoms with Gasteiger partial charge in [0, 0.05) is 19.0 Å². The summed E-state index contributed by atoms with van der Waals surface area (Å²) < 4.78 is 35.1. The summed E-state index contributed by atoms with van der Waals surface area (Å²) in [5.74, 6) is -0.248. The molecule has 8 nitrogen and oxygen atoms in total. The Morgan fingerprint density at radius 2 is 1.39 bits per heavy atom. The van der Waals surface area contributed by atoms with Crippen molar-refractivity contribution in [3.05, 3.63) is 126 Å². The zero-order valence-electron chi connectivity index (χ0n) is 26.9. The lowest BCUT2D eigenvalue weighted by Crippen LogP contribution is -2.54. The van der Waals surface area contributed by atoms with Crippen LogP contribution in [0.3, 0.4) is 0 Å². The lowest BCUT2D eigenvalue weighted by Gasteiger charge is -2.34. The van der Waals surface area contributed by atoms with Crippen molar-refractivity contribution in [3.8, 4) is 5.75 Å². The van der Waals surface area contributed by atoms with Gasteiger partial charge in [0.1, 0.15) is 18.3 Å². The zero-order valence-corrected chi connectivity index (χ0v) is 27.7. The van der Waals surface area contributed by atoms with Crippen LogP contribution in [0.4, 0.5) is 5.69 Å². The summed E-state index contributed by atoms with van der Waals surface area (Å²) in [6, 6.07) is 31.1. The molecule has 0 fully saturated rings. The van der Waals surface area contributed by atoms with E-state index in [2.05, 4.69) is 5.32 Å². The van der Waals surface area contributed by atoms with Gasteiger partial charge in [-0.2, -0.15) is 0 Å². The third-order valence-electron chi connectivity index (χ3n) is 7.79. The van der Waals surface area contributed by atoms with E-state index in [0.717, 1.165) is 27.4 Å². The fraction of sp³-hybridized carbons (Fsp3) is 0.297. The van der Waals surface area contributed by atoms with E-state index in [1.165, 1.54) is 17.0 Å². The highest BCUT2D eigenvalue weighted by Gasteiger charge is 2.35. The Balaban J connectivity index is 1.78. The van der Waals surface area contributed by atoms with Gasteiger partial charge in [-0.25, -0.2) is 8.42 Å². The molecule has 0 aliphatic heterocycles. The van der Waals surface area contributed by atoms with Gasteiger partial charge in [0.05, 0.1) is 17.2 Å². The van der Waals surface area contributed by atoms with Crippen molar-refractivity contribution in [2.75, 3.05) is 17.5 Å². The number of carbonyl (C=O) groups excluding carboxylic acids is 2. The normalized spacial score (nSPS) is 12.5. The molecular formula is C37H43N3O5S. The maximum Gasteiger partial charge on any atom is 0.264 e. The number of hydrogen-bond acceptors (Lipinski definition) is 5. The van der Waals surface area contributed by atoms with Gasteiger partial charge in [-0.05, 0) is 74.7 Å². The molecule has 46 heavy (non-hydrogen) atoms. The molecule has 4 aromatic carbocycles. The lowest BCUT2D eigenvalue weighted by atomic mass is 10.0. The van der Waals surface area contributed by atoms with Crippen LogP contribution in [0.1, 0.15) is 43.9 Å². The molecule has 0 aliphatic rings. The fourth-order valence-electron chi connectivity index (χ4n) is 5.02. The number of nitrogens with zero attached hydrogens (tertiary/aromatic N) is 2. The molecule has 4 rings (SSSR count). The van der Waals surface area contributed by atoms with Crippen molar-refractivity contribution < 1.29 is 22.7 Å². The van der Waals surface area contributed by atoms with Crippen LogP contribution < -0.4 is 14.4 Å². The summed E-state index contributed by atoms with van der Waals surface area (Å²) in [7, 11) is -4.20. The number of nitrogens with one attached hydrogen (secondary N) is 1. The van der Waals surface area contributed by atoms with Crippen LogP contribution in [0.25, 0.3) is 0 Å². The van der Waals surface area contributed by atoms with Gasteiger partial charge < -0.3 is 15.0 Å². The van der Waals surface area contributed by atoms with Gasteiger partial charge in [-0.1, -0.05) is 85.3 Å². The summed E-state index contributed by atoms with van der Waals surface area (Å²) in [5, 5.41) is 3.06. The molecule has 1 N–H and O–H groups in total. The summed E-state index contributed by atoms with van der Waals surface area (Å²) in [6.45, 7) is 7.72. The number of benzene rings is 4. The van der Waals surface area contributed by atoms with E-state index in [9.17, 15) is 18.0 Å². The van der Waals surface area contributed by atoms with Crippen LogP contribution in [0.5, 0.6) is 5.75 Å². The van der Waals surface area contributed by atoms with Crippen LogP contribution >= 0.6 is 0 Å². The highest BCUT2D eigenvalue weighted by atomic mass is 32.2. The molecule has 0 heterocycles. The van der Waals surface area contributed by atoms with E-state index in [-0.39, 0.29) is 29.8 Å². The quantitative estimate of drug-likeness (QED) is 0.168. The standard InChI is InChI=1S/C37H43N3O5S/c1-5-29(4)38-37(42)35(25-30-13-9-7-10-14-30)39(26-31-15-11-8-12-16-31)36(41)27-40(32-19-17-28(3)18-20-32)46(43,44)34-23-21-33(22-24-34)45-6-2/h7-24,29,35H,5-6,25-27H2,1-4H3,(H,38,42)/t29-,35+/m0/s1. The van der Waals surface area contributed by atoms with Crippen LogP contribution in [0.15, 0.2) is 114 Å². The maximum absolute atomic E-state index is 14.5. The average Bonchev–Trinajstić information content (AvgIpc) is 3.06. The van der Waals surface area contributed by atoms with E-state index in [0.29, 0.717) is 18.0 Å². The number of ether oxygens (including phenoxy) is 1. The predicted molar refractivity (Wildman–Crippen MR) is 182 cm³/mol. The summed E-state index contributed by atoms with van der Waals surface area (Å²) >= 11 is 0. The largest absolute Gasteiger partial charge is 0.494 e. The molecule has 242 valence electrons. The second kappa shape index (κ2) is 16.1. The van der Waals surface area contributed by atoms with Crippen LogP contribution in [-0.2, 0) is 32.6 Å². The van der Waals surface area contributed by atoms with Gasteiger partial charge in [0.15, 0.2) is 0 Å². The summed E-state index contributed by atoms with van der Waals surface area (Å²) in [4.78, 5) is 30.0. The average molecular weight is 642 g/mol. The molecular weight excluding hydrogens is 598 g/mol. The molecule has 0 aliphatic carbocycles. The molecule has 0 unspecified atom stereocenters. The Morgan fingerprint density at radius 1 is 0.804 bits per heavy atom. The molecule has 2 amide bonds. The molecule has 0 bridgehead atoms. The molecule has 0 radical (unpaired) electrons. The first kappa shape index (κ1) is 34.2. The number of anilines is 1. The molecule has 0 spiro atoms. The molecule has 0 saturated heterocycles. The van der Waals surface area contributed by atoms with E-state index in [4.69, 9.17) is 4.74 Å². The van der Waals surface area contributed by atoms with E-state index in [1.54, 1.807) is 36.4 Å². The van der Waals surface area contributed by atoms with Crippen molar-refractivity contribution in [2.45, 2.75) is 64.1 Å². The van der Waals surface area contributed by atoms with Crippen LogP contribution in [0, 0.1) is 6.92 Å². The van der Waals surface area contributed by atoms with Gasteiger partial charge in [-0.15, -0.1) is 0 Å². The first-order valence-corrected chi connectivity index (χ1v) is 17.1. The van der Waals surface area contributed by atoms with Crippen LogP contribution in [0.2, 0.25) is 0 Å². The topological polar surface area (TPSA) is 96.0 Å². The molecule has 2 atom stereocenters. The number of aryl methyl sites for hydroxylation is 1. The van der Waals surface area contributed by atoms with Crippen molar-refractivity contribution in [1.29, 1.82) is 0 Å². The molecule has 0 saturated carbocycles. The van der Waals surface area contributed by atoms with E-state index >= 15 is 0 Å². The van der Waals surface area contributed by atoms with Crippen molar-refractivity contribution in [3.63, 3.8) is 0 Å². The SMILES string of the molecule is CCOc1ccc(S(=O)(=O)N(CC(=O)N(Cc2ccccc2)[C@H](Cc2ccccc2)C(=O)N[C@@H](C)CC)c2ccc(C)cc2)cc1. The summed E-state index contributed by atoms with van der Waals surface area (Å²) in [5.41, 5.74) is 3.00. The third kappa shape index (κ3) is 8.97. The Kier molecular flexibility index (Phi) is 12.0. The Labute approximate surface area is 273 Å². The highest BCUT2D eigenvalue weighted by molar-refractivity contribution is 7.92. The van der Waals surface area contributed by atoms with Gasteiger partial charge >= 0.3 is 0 Å². The number of sulfonamides is 1. The number of amides is 2. The van der Waals surface area contributed by atoms with E-state index in [1.807, 2.05) is 88.4 Å². The van der Waals surface area contributed by atoms with Gasteiger partial charge in [-0.3, -0.25) is 13.9 Å². The number of rotatable bonds is 15. The third-order valence-corrected chi connectivity index (χ3v) is 9.58. The molecule has 4 aromatic rings. The molecule has 0 aromatic heterocycles. The lowest BCUT2D eigenvalue weighted by molar-refractivity contribution is -0.140. The Hall–Kier alpha value is -4.63. The maximum atomic E-state index is 14.5. The smallest absolute Gasteiger partial charge is 0.264 e. The van der Waals surface area contributed by atoms with Crippen LogP contribution in [-0.4, -0.2) is 50.4 Å². The summed E-state index contributed by atoms with van der Waals surface area (Å²) in [6.07, 6.45) is 0.982. The van der Waals surface area contributed by atoms with E-state index < -0.39 is 28.5 Å². The first-order valence-electron chi connectivity index (χ1n) is 15.6. The second-order valence-electron chi connectivity index (χ2n) is 11.3. The predicted octanol–water partition coefficient (Wildman–Crippen LogP) is 6.14. The minimum Gasteiger partial charge on any atom is -0.494 e. The van der Waals surface area contributed by atoms with Crippen molar-refractivity contribution >= 4 is 27.5 Å². The molecule has 9 heteroatoms. The zero-order chi connectivity index (χ0) is 33.1. The van der Waals surface area contributed by atoms with Gasteiger partial charge in [0.2, 0.25) is 11.8 Å². The second-order valence-corrected chi connectivity index (χ2v) is 13.1. The Bertz CT molecular complexity index is 1660. The number of hydrogen-bond donors (Lipinski definition) is 1. The van der Waals surface area contributed by atoms with Crippen molar-refractivity contribution in [1.82, 2.24) is 10.2 Å². The van der Waals surface area contributed by atoms with Crippen molar-refractivity contribution in [2.24, 2.45) is 0 Å². The minimum absolute atomic E-state index is 0.0225. The highest BCUT2D eigenvalue weighted by Crippen LogP contribution is 2.27. The fourth-order valence-corrected chi connectivity index (χ4v) is 6.43. The minimum atomic E-state index is -4.20.